The van der Waals surface area contributed by atoms with Crippen LogP contribution in [0.4, 0.5) is 0 Å². The van der Waals surface area contributed by atoms with Crippen molar-refractivity contribution in [3.05, 3.63) is 81.0 Å². The third-order valence-electron chi connectivity index (χ3n) is 4.54. The van der Waals surface area contributed by atoms with E-state index < -0.39 is 5.92 Å². The summed E-state index contributed by atoms with van der Waals surface area (Å²) in [7, 11) is 0. The Balaban J connectivity index is 2.02. The Morgan fingerprint density at radius 3 is 2.77 bits per heavy atom. The summed E-state index contributed by atoms with van der Waals surface area (Å²) in [5.74, 6) is -0.397. The quantitative estimate of drug-likeness (QED) is 0.628. The second-order valence-electron chi connectivity index (χ2n) is 6.29. The first-order valence-corrected chi connectivity index (χ1v) is 8.02. The number of aromatic hydroxyl groups is 1. The molecule has 0 saturated heterocycles. The number of phenolic OH excluding ortho intramolecular Hbond substituents is 1. The predicted octanol–water partition coefficient (Wildman–Crippen LogP) is 2.76. The molecule has 1 unspecified atom stereocenters. The number of hydrogen-bond donors (Lipinski definition) is 3. The smallest absolute Gasteiger partial charge is 0.252 e. The third kappa shape index (κ3) is 2.38. The Bertz CT molecular complexity index is 1190. The minimum absolute atomic E-state index is 0.0127. The molecule has 1 aliphatic heterocycles. The number of benzene rings is 2. The number of hydrogen-bond acceptors (Lipinski definition) is 5. The zero-order chi connectivity index (χ0) is 18.4. The number of pyridine rings is 1. The molecule has 26 heavy (non-hydrogen) atoms. The average Bonchev–Trinajstić information content (AvgIpc) is 2.60. The van der Waals surface area contributed by atoms with Crippen LogP contribution in [0.25, 0.3) is 10.9 Å². The predicted molar refractivity (Wildman–Crippen MR) is 96.7 cm³/mol. The fourth-order valence-corrected chi connectivity index (χ4v) is 3.32. The molecular formula is C20H15N3O3. The summed E-state index contributed by atoms with van der Waals surface area (Å²) < 4.78 is 5.48. The molecule has 1 atom stereocenters. The molecule has 1 aromatic heterocycles. The van der Waals surface area contributed by atoms with Crippen LogP contribution < -0.4 is 16.0 Å². The van der Waals surface area contributed by atoms with Crippen molar-refractivity contribution in [3.63, 3.8) is 0 Å². The molecule has 0 radical (unpaired) electrons. The van der Waals surface area contributed by atoms with E-state index in [0.717, 1.165) is 16.5 Å². The molecule has 0 amide bonds. The van der Waals surface area contributed by atoms with Crippen LogP contribution in [0.15, 0.2) is 58.7 Å². The molecule has 3 aromatic rings. The lowest BCUT2D eigenvalue weighted by molar-refractivity contribution is 0.388. The Morgan fingerprint density at radius 1 is 1.19 bits per heavy atom. The molecule has 0 spiro atoms. The number of ether oxygens (including phenoxy) is 1. The molecule has 128 valence electrons. The lowest BCUT2D eigenvalue weighted by Crippen LogP contribution is -2.25. The van der Waals surface area contributed by atoms with Gasteiger partial charge in [0.25, 0.3) is 5.56 Å². The summed E-state index contributed by atoms with van der Waals surface area (Å²) in [6, 6.07) is 14.1. The maximum Gasteiger partial charge on any atom is 0.252 e. The van der Waals surface area contributed by atoms with Gasteiger partial charge >= 0.3 is 0 Å². The van der Waals surface area contributed by atoms with Crippen LogP contribution in [0.2, 0.25) is 0 Å². The van der Waals surface area contributed by atoms with E-state index in [1.54, 1.807) is 12.1 Å². The van der Waals surface area contributed by atoms with E-state index in [0.29, 0.717) is 16.9 Å². The van der Waals surface area contributed by atoms with E-state index in [9.17, 15) is 15.2 Å². The van der Waals surface area contributed by atoms with Gasteiger partial charge in [-0.05, 0) is 36.6 Å². The Morgan fingerprint density at radius 2 is 2.00 bits per heavy atom. The van der Waals surface area contributed by atoms with Crippen LogP contribution in [0, 0.1) is 18.3 Å². The van der Waals surface area contributed by atoms with Crippen molar-refractivity contribution in [2.45, 2.75) is 12.8 Å². The van der Waals surface area contributed by atoms with Crippen LogP contribution in [0.3, 0.4) is 0 Å². The number of H-pyrrole nitrogens is 1. The first-order valence-electron chi connectivity index (χ1n) is 8.02. The molecule has 0 saturated carbocycles. The molecule has 0 fully saturated rings. The average molecular weight is 345 g/mol. The van der Waals surface area contributed by atoms with Crippen LogP contribution in [0.5, 0.6) is 11.5 Å². The van der Waals surface area contributed by atoms with Crippen molar-refractivity contribution in [3.8, 4) is 17.6 Å². The Kier molecular flexibility index (Phi) is 3.44. The number of nitrogens with two attached hydrogens (primary N) is 1. The summed E-state index contributed by atoms with van der Waals surface area (Å²) in [6.07, 6.45) is 0. The number of rotatable bonds is 1. The highest BCUT2D eigenvalue weighted by atomic mass is 16.5. The van der Waals surface area contributed by atoms with Crippen LogP contribution >= 0.6 is 0 Å². The van der Waals surface area contributed by atoms with Gasteiger partial charge in [0, 0.05) is 22.7 Å². The molecule has 1 aliphatic rings. The van der Waals surface area contributed by atoms with Crippen molar-refractivity contribution < 1.29 is 9.84 Å². The second-order valence-corrected chi connectivity index (χ2v) is 6.29. The van der Waals surface area contributed by atoms with Gasteiger partial charge in [-0.15, -0.1) is 0 Å². The summed E-state index contributed by atoms with van der Waals surface area (Å²) in [5, 5.41) is 20.2. The van der Waals surface area contributed by atoms with E-state index in [1.165, 1.54) is 12.1 Å². The standard InChI is InChI=1S/C20H15N3O3/c1-10-2-5-16-11(6-10)7-14(20(25)23-16)18-13-4-3-12(24)8-17(13)26-19(22)15(18)9-21/h2-8,18,24H,22H2,1H3,(H,23,25). The number of aryl methyl sites for hydroxylation is 1. The minimum Gasteiger partial charge on any atom is -0.508 e. The molecule has 6 nitrogen and oxygen atoms in total. The van der Waals surface area contributed by atoms with Gasteiger partial charge in [-0.3, -0.25) is 4.79 Å². The number of aromatic amines is 1. The fourth-order valence-electron chi connectivity index (χ4n) is 3.32. The maximum absolute atomic E-state index is 12.7. The third-order valence-corrected chi connectivity index (χ3v) is 4.54. The largest absolute Gasteiger partial charge is 0.508 e. The molecule has 2 heterocycles. The number of allylic oxidation sites excluding steroid dienone is 1. The first-order chi connectivity index (χ1) is 12.5. The summed E-state index contributed by atoms with van der Waals surface area (Å²) in [4.78, 5) is 15.6. The number of nitrogens with one attached hydrogen (secondary N) is 1. The highest BCUT2D eigenvalue weighted by molar-refractivity contribution is 5.80. The second kappa shape index (κ2) is 5.67. The molecular weight excluding hydrogens is 330 g/mol. The molecule has 0 aliphatic carbocycles. The van der Waals surface area contributed by atoms with Crippen molar-refractivity contribution in [2.75, 3.05) is 0 Å². The summed E-state index contributed by atoms with van der Waals surface area (Å²) >= 11 is 0. The number of phenols is 1. The molecule has 0 bridgehead atoms. The van der Waals surface area contributed by atoms with Gasteiger partial charge in [-0.25, -0.2) is 0 Å². The van der Waals surface area contributed by atoms with Gasteiger partial charge < -0.3 is 20.6 Å². The van der Waals surface area contributed by atoms with E-state index in [-0.39, 0.29) is 22.8 Å². The van der Waals surface area contributed by atoms with Gasteiger partial charge in [0.2, 0.25) is 5.88 Å². The lowest BCUT2D eigenvalue weighted by atomic mass is 9.83. The van der Waals surface area contributed by atoms with Crippen molar-refractivity contribution in [2.24, 2.45) is 5.73 Å². The van der Waals surface area contributed by atoms with E-state index in [2.05, 4.69) is 11.1 Å². The highest BCUT2D eigenvalue weighted by Gasteiger charge is 2.32. The van der Waals surface area contributed by atoms with Gasteiger partial charge in [0.15, 0.2) is 0 Å². The van der Waals surface area contributed by atoms with Crippen molar-refractivity contribution in [1.82, 2.24) is 4.98 Å². The van der Waals surface area contributed by atoms with Gasteiger partial charge in [-0.2, -0.15) is 5.26 Å². The van der Waals surface area contributed by atoms with Crippen molar-refractivity contribution in [1.29, 1.82) is 5.26 Å². The first kappa shape index (κ1) is 15.8. The number of nitrogens with zero attached hydrogens (tertiary/aromatic N) is 1. The Labute approximate surface area is 148 Å². The summed E-state index contributed by atoms with van der Waals surface area (Å²) in [5.41, 5.74) is 8.56. The van der Waals surface area contributed by atoms with Crippen LogP contribution in [0.1, 0.15) is 22.6 Å². The van der Waals surface area contributed by atoms with E-state index in [4.69, 9.17) is 10.5 Å². The van der Waals surface area contributed by atoms with E-state index in [1.807, 2.05) is 25.1 Å². The zero-order valence-corrected chi connectivity index (χ0v) is 13.9. The lowest BCUT2D eigenvalue weighted by Gasteiger charge is -2.26. The molecule has 6 heteroatoms. The zero-order valence-electron chi connectivity index (χ0n) is 13.9. The van der Waals surface area contributed by atoms with Crippen LogP contribution in [-0.2, 0) is 0 Å². The van der Waals surface area contributed by atoms with E-state index >= 15 is 0 Å². The summed E-state index contributed by atoms with van der Waals surface area (Å²) in [6.45, 7) is 1.97. The highest BCUT2D eigenvalue weighted by Crippen LogP contribution is 2.42. The topological polar surface area (TPSA) is 112 Å². The van der Waals surface area contributed by atoms with Gasteiger partial charge in [0.1, 0.15) is 23.1 Å². The molecule has 2 aromatic carbocycles. The number of fused-ring (bicyclic) bond motifs is 2. The minimum atomic E-state index is -0.669. The van der Waals surface area contributed by atoms with Gasteiger partial charge in [-0.1, -0.05) is 17.7 Å². The van der Waals surface area contributed by atoms with Gasteiger partial charge in [0.05, 0.1) is 5.92 Å². The monoisotopic (exact) mass is 345 g/mol. The maximum atomic E-state index is 12.7. The Hall–Kier alpha value is -3.72. The fraction of sp³-hybridized carbons (Fsp3) is 0.100. The molecule has 4 rings (SSSR count). The number of aromatic nitrogens is 1. The molecule has 4 N–H and O–H groups in total. The normalized spacial score (nSPS) is 16.1. The van der Waals surface area contributed by atoms with Crippen LogP contribution in [-0.4, -0.2) is 10.1 Å². The van der Waals surface area contributed by atoms with Crippen molar-refractivity contribution >= 4 is 10.9 Å². The number of nitriles is 1. The SMILES string of the molecule is Cc1ccc2[nH]c(=O)c(C3C(C#N)=C(N)Oc4cc(O)ccc43)cc2c1.